The number of allylic oxidation sites excluding steroid dienone is 2. The van der Waals surface area contributed by atoms with Gasteiger partial charge in [-0.1, -0.05) is 57.4 Å². The van der Waals surface area contributed by atoms with Gasteiger partial charge in [0.1, 0.15) is 5.75 Å². The fraction of sp³-hybridized carbons (Fsp3) is 0.379. The molecule has 1 saturated carbocycles. The largest absolute Gasteiger partial charge is 0.508 e. The lowest BCUT2D eigenvalue weighted by Crippen LogP contribution is -2.60. The molecule has 0 unspecified atom stereocenters. The molecule has 0 spiro atoms. The molecule has 0 aromatic heterocycles. The SMILES string of the molecule is Cc1cc([C@H]2C3=CC[C@@H]4C(=O)N(c5ccc(C)c(Cl)c5)C(=O)[C@@H]4[C@@H]3C[C@@]3(Cl)C(=O)N(CBr)C(=O)[C@@]23Cl)ccc1O. The molecule has 4 aliphatic rings. The molecule has 11 heteroatoms. The number of phenols is 1. The number of phenolic OH excluding ortho intramolecular Hbond substituents is 1. The molecule has 2 aliphatic heterocycles. The van der Waals surface area contributed by atoms with E-state index < -0.39 is 51.1 Å². The van der Waals surface area contributed by atoms with Crippen molar-refractivity contribution in [2.45, 2.75) is 42.4 Å². The van der Waals surface area contributed by atoms with Crippen molar-refractivity contribution in [2.24, 2.45) is 17.8 Å². The van der Waals surface area contributed by atoms with E-state index in [4.69, 9.17) is 34.8 Å². The number of alkyl halides is 3. The molecule has 0 bridgehead atoms. The van der Waals surface area contributed by atoms with Crippen molar-refractivity contribution in [3.8, 4) is 5.75 Å². The van der Waals surface area contributed by atoms with Crippen LogP contribution in [-0.2, 0) is 19.2 Å². The van der Waals surface area contributed by atoms with Crippen LogP contribution in [0.1, 0.15) is 35.4 Å². The second kappa shape index (κ2) is 9.31. The lowest BCUT2D eigenvalue weighted by molar-refractivity contribution is -0.138. The molecule has 2 aromatic carbocycles. The van der Waals surface area contributed by atoms with Crippen LogP contribution in [0.4, 0.5) is 5.69 Å². The first kappa shape index (κ1) is 27.8. The molecule has 6 rings (SSSR count). The number of amides is 4. The van der Waals surface area contributed by atoms with Gasteiger partial charge in [-0.25, -0.2) is 4.90 Å². The summed E-state index contributed by atoms with van der Waals surface area (Å²) in [5, 5.41) is 10.6. The van der Waals surface area contributed by atoms with Gasteiger partial charge >= 0.3 is 0 Å². The predicted molar refractivity (Wildman–Crippen MR) is 155 cm³/mol. The number of aromatic hydroxyl groups is 1. The van der Waals surface area contributed by atoms with Crippen LogP contribution >= 0.6 is 50.7 Å². The Bertz CT molecular complexity index is 1560. The third-order valence-corrected chi connectivity index (χ3v) is 11.3. The maximum Gasteiger partial charge on any atom is 0.254 e. The fourth-order valence-electron chi connectivity index (χ4n) is 6.96. The average molecular weight is 667 g/mol. The number of anilines is 1. The molecule has 2 saturated heterocycles. The average Bonchev–Trinajstić information content (AvgIpc) is 3.25. The first-order valence-electron chi connectivity index (χ1n) is 12.8. The van der Waals surface area contributed by atoms with Crippen LogP contribution in [0.2, 0.25) is 5.02 Å². The van der Waals surface area contributed by atoms with Crippen molar-refractivity contribution in [1.29, 1.82) is 0 Å². The summed E-state index contributed by atoms with van der Waals surface area (Å²) < 4.78 is 0. The van der Waals surface area contributed by atoms with Gasteiger partial charge in [-0.3, -0.25) is 24.1 Å². The number of carbonyl (C=O) groups excluding carboxylic acids is 4. The number of halogens is 4. The minimum Gasteiger partial charge on any atom is -0.508 e. The van der Waals surface area contributed by atoms with Crippen molar-refractivity contribution < 1.29 is 24.3 Å². The van der Waals surface area contributed by atoms with Gasteiger partial charge in [0.25, 0.3) is 11.8 Å². The number of hydrogen-bond acceptors (Lipinski definition) is 5. The molecule has 4 amide bonds. The van der Waals surface area contributed by atoms with E-state index in [1.165, 1.54) is 11.0 Å². The second-order valence-electron chi connectivity index (χ2n) is 11.0. The van der Waals surface area contributed by atoms with Crippen molar-refractivity contribution >= 4 is 80.0 Å². The highest BCUT2D eigenvalue weighted by atomic mass is 79.9. The van der Waals surface area contributed by atoms with E-state index in [1.54, 1.807) is 37.3 Å². The Morgan fingerprint density at radius 2 is 1.70 bits per heavy atom. The Balaban J connectivity index is 1.52. The fourth-order valence-corrected chi connectivity index (χ4v) is 8.56. The topological polar surface area (TPSA) is 95.0 Å². The maximum atomic E-state index is 14.0. The number of fused-ring (bicyclic) bond motifs is 4. The summed E-state index contributed by atoms with van der Waals surface area (Å²) in [5.74, 6) is -4.92. The smallest absolute Gasteiger partial charge is 0.254 e. The number of rotatable bonds is 3. The lowest BCUT2D eigenvalue weighted by Gasteiger charge is -2.50. The van der Waals surface area contributed by atoms with Gasteiger partial charge in [0.2, 0.25) is 11.8 Å². The summed E-state index contributed by atoms with van der Waals surface area (Å²) in [7, 11) is 0. The Morgan fingerprint density at radius 1 is 0.975 bits per heavy atom. The summed E-state index contributed by atoms with van der Waals surface area (Å²) in [6, 6.07) is 9.91. The van der Waals surface area contributed by atoms with Crippen LogP contribution in [0, 0.1) is 31.6 Å². The summed E-state index contributed by atoms with van der Waals surface area (Å²) in [6.07, 6.45) is 2.05. The summed E-state index contributed by atoms with van der Waals surface area (Å²) in [6.45, 7) is 3.55. The normalized spacial score (nSPS) is 33.2. The number of likely N-dealkylation sites (tertiary alicyclic amines) is 1. The first-order valence-corrected chi connectivity index (χ1v) is 15.1. The minimum absolute atomic E-state index is 0.0643. The van der Waals surface area contributed by atoms with Crippen LogP contribution in [0.25, 0.3) is 0 Å². The summed E-state index contributed by atoms with van der Waals surface area (Å²) >= 11 is 24.0. The van der Waals surface area contributed by atoms with Crippen LogP contribution in [0.5, 0.6) is 5.75 Å². The van der Waals surface area contributed by atoms with Crippen molar-refractivity contribution in [1.82, 2.24) is 4.90 Å². The molecule has 3 fully saturated rings. The Hall–Kier alpha value is -2.39. The quantitative estimate of drug-likeness (QED) is 0.200. The molecule has 0 radical (unpaired) electrons. The van der Waals surface area contributed by atoms with Crippen molar-refractivity contribution in [3.63, 3.8) is 0 Å². The zero-order chi connectivity index (χ0) is 28.9. The number of benzene rings is 2. The van der Waals surface area contributed by atoms with Gasteiger partial charge in [0.05, 0.1) is 23.0 Å². The Labute approximate surface area is 254 Å². The third-order valence-electron chi connectivity index (χ3n) is 8.98. The highest BCUT2D eigenvalue weighted by molar-refractivity contribution is 9.09. The molecule has 7 nitrogen and oxygen atoms in total. The third kappa shape index (κ3) is 3.49. The zero-order valence-corrected chi connectivity index (χ0v) is 25.3. The number of carbonyl (C=O) groups is 4. The van der Waals surface area contributed by atoms with Gasteiger partial charge in [-0.2, -0.15) is 0 Å². The number of aryl methyl sites for hydroxylation is 2. The Kier molecular flexibility index (Phi) is 6.46. The molecule has 1 N–H and O–H groups in total. The van der Waals surface area contributed by atoms with Crippen molar-refractivity contribution in [2.75, 3.05) is 10.4 Å². The van der Waals surface area contributed by atoms with Crippen molar-refractivity contribution in [3.05, 3.63) is 69.8 Å². The number of nitrogens with zero attached hydrogens (tertiary/aromatic N) is 2. The predicted octanol–water partition coefficient (Wildman–Crippen LogP) is 5.58. The molecule has 6 atom stereocenters. The van der Waals surface area contributed by atoms with E-state index in [0.717, 1.165) is 10.5 Å². The zero-order valence-electron chi connectivity index (χ0n) is 21.5. The van der Waals surface area contributed by atoms with Gasteiger partial charge in [-0.05, 0) is 67.5 Å². The van der Waals surface area contributed by atoms with Gasteiger partial charge in [-0.15, -0.1) is 23.2 Å². The molecule has 2 heterocycles. The number of imide groups is 2. The Morgan fingerprint density at radius 3 is 2.35 bits per heavy atom. The maximum absolute atomic E-state index is 14.0. The van der Waals surface area contributed by atoms with E-state index in [9.17, 15) is 24.3 Å². The molecular formula is C29H24BrCl3N2O5. The molecular weight excluding hydrogens is 643 g/mol. The molecule has 40 heavy (non-hydrogen) atoms. The highest BCUT2D eigenvalue weighted by Gasteiger charge is 2.76. The van der Waals surface area contributed by atoms with E-state index in [1.807, 2.05) is 13.0 Å². The standard InChI is InChI=1S/C29H24BrCl3N2O5/c1-13-3-5-16(10-20(13)31)35-24(37)18-7-6-17-19(22(18)25(35)38)11-28(32)26(39)34(12-30)27(40)29(28,33)23(17)15-4-8-21(36)14(2)9-15/h3-6,8-10,18-19,22-23,36H,7,11-12H2,1-2H3/t18-,19+,22-,23-,28+,29-/m0/s1. The van der Waals surface area contributed by atoms with Gasteiger partial charge < -0.3 is 5.11 Å². The number of hydrogen-bond donors (Lipinski definition) is 1. The van der Waals surface area contributed by atoms with Crippen LogP contribution < -0.4 is 4.90 Å². The van der Waals surface area contributed by atoms with Crippen LogP contribution in [0.3, 0.4) is 0 Å². The molecule has 208 valence electrons. The lowest BCUT2D eigenvalue weighted by atomic mass is 9.56. The molecule has 2 aromatic rings. The van der Waals surface area contributed by atoms with E-state index in [-0.39, 0.29) is 30.0 Å². The highest BCUT2D eigenvalue weighted by Crippen LogP contribution is 2.65. The van der Waals surface area contributed by atoms with Crippen LogP contribution in [-0.4, -0.2) is 48.8 Å². The van der Waals surface area contributed by atoms with E-state index >= 15 is 0 Å². The first-order chi connectivity index (χ1) is 18.9. The monoisotopic (exact) mass is 664 g/mol. The van der Waals surface area contributed by atoms with Crippen LogP contribution in [0.15, 0.2) is 48.0 Å². The minimum atomic E-state index is -1.88. The summed E-state index contributed by atoms with van der Waals surface area (Å²) in [5.41, 5.74) is 2.94. The molecule has 2 aliphatic carbocycles. The second-order valence-corrected chi connectivity index (χ2v) is 13.1. The van der Waals surface area contributed by atoms with E-state index in [0.29, 0.717) is 27.4 Å². The van der Waals surface area contributed by atoms with Gasteiger partial charge in [0.15, 0.2) is 9.75 Å². The summed E-state index contributed by atoms with van der Waals surface area (Å²) in [4.78, 5) is 53.6. The van der Waals surface area contributed by atoms with E-state index in [2.05, 4.69) is 15.9 Å². The van der Waals surface area contributed by atoms with Gasteiger partial charge in [0, 0.05) is 10.9 Å².